The predicted octanol–water partition coefficient (Wildman–Crippen LogP) is 3.13. The Bertz CT molecular complexity index is 1080. The number of hydrogen-bond acceptors (Lipinski definition) is 7. The third kappa shape index (κ3) is 7.41. The van der Waals surface area contributed by atoms with Crippen LogP contribution in [0.1, 0.15) is 36.8 Å². The van der Waals surface area contributed by atoms with Crippen LogP contribution in [0.25, 0.3) is 0 Å². The number of ether oxygens (including phenoxy) is 1. The number of anilines is 1. The first kappa shape index (κ1) is 27.4. The van der Waals surface area contributed by atoms with Gasteiger partial charge in [-0.1, -0.05) is 11.6 Å². The molecular weight excluding hydrogens is 506 g/mol. The molecule has 1 aliphatic heterocycles. The van der Waals surface area contributed by atoms with Gasteiger partial charge in [0.15, 0.2) is 5.13 Å². The molecule has 10 nitrogen and oxygen atoms in total. The van der Waals surface area contributed by atoms with Crippen molar-refractivity contribution in [2.45, 2.75) is 33.2 Å². The number of piperazine rings is 1. The Morgan fingerprint density at radius 2 is 1.75 bits per heavy atom. The van der Waals surface area contributed by atoms with E-state index in [0.717, 1.165) is 0 Å². The molecule has 0 radical (unpaired) electrons. The molecule has 1 N–H and O–H groups in total. The van der Waals surface area contributed by atoms with Crippen LogP contribution in [-0.2, 0) is 20.7 Å². The fourth-order valence-corrected chi connectivity index (χ4v) is 4.48. The third-order valence-electron chi connectivity index (χ3n) is 5.58. The monoisotopic (exact) mass is 535 g/mol. The molecule has 4 amide bonds. The Morgan fingerprint density at radius 1 is 1.11 bits per heavy atom. The number of nitrogens with zero attached hydrogens (tertiary/aromatic N) is 4. The maximum absolute atomic E-state index is 12.9. The number of aromatic nitrogens is 1. The minimum atomic E-state index is -0.381. The lowest BCUT2D eigenvalue weighted by Gasteiger charge is -2.34. The van der Waals surface area contributed by atoms with Crippen LogP contribution in [0.2, 0.25) is 5.02 Å². The van der Waals surface area contributed by atoms with E-state index in [1.54, 1.807) is 46.4 Å². The molecule has 0 unspecified atom stereocenters. The average Bonchev–Trinajstić information content (AvgIpc) is 3.29. The second-order valence-electron chi connectivity index (χ2n) is 8.47. The number of halogens is 1. The van der Waals surface area contributed by atoms with Gasteiger partial charge in [0.1, 0.15) is 6.54 Å². The molecule has 1 saturated heterocycles. The molecule has 12 heteroatoms. The van der Waals surface area contributed by atoms with Gasteiger partial charge in [0.25, 0.3) is 5.91 Å². The van der Waals surface area contributed by atoms with Gasteiger partial charge in [-0.15, -0.1) is 11.3 Å². The minimum Gasteiger partial charge on any atom is -0.450 e. The van der Waals surface area contributed by atoms with E-state index in [4.69, 9.17) is 16.3 Å². The second-order valence-corrected chi connectivity index (χ2v) is 9.76. The highest BCUT2D eigenvalue weighted by Crippen LogP contribution is 2.18. The summed E-state index contributed by atoms with van der Waals surface area (Å²) >= 11 is 7.12. The van der Waals surface area contributed by atoms with Crippen molar-refractivity contribution in [3.05, 3.63) is 45.9 Å². The van der Waals surface area contributed by atoms with Crippen molar-refractivity contribution < 1.29 is 23.9 Å². The van der Waals surface area contributed by atoms with Crippen LogP contribution in [0.3, 0.4) is 0 Å². The normalized spacial score (nSPS) is 13.5. The maximum atomic E-state index is 12.9. The van der Waals surface area contributed by atoms with Gasteiger partial charge in [0.2, 0.25) is 11.8 Å². The smallest absolute Gasteiger partial charge is 0.409 e. The van der Waals surface area contributed by atoms with E-state index in [1.807, 2.05) is 13.8 Å². The van der Waals surface area contributed by atoms with Crippen LogP contribution in [0.5, 0.6) is 0 Å². The van der Waals surface area contributed by atoms with Crippen molar-refractivity contribution in [3.63, 3.8) is 0 Å². The van der Waals surface area contributed by atoms with E-state index in [9.17, 15) is 19.2 Å². The Labute approximate surface area is 219 Å². The topological polar surface area (TPSA) is 112 Å². The number of carbonyl (C=O) groups is 4. The summed E-state index contributed by atoms with van der Waals surface area (Å²) in [6, 6.07) is 6.31. The molecule has 194 valence electrons. The minimum absolute atomic E-state index is 0.0961. The molecule has 36 heavy (non-hydrogen) atoms. The number of rotatable bonds is 8. The zero-order chi connectivity index (χ0) is 26.2. The van der Waals surface area contributed by atoms with Crippen molar-refractivity contribution in [2.75, 3.05) is 44.6 Å². The quantitative estimate of drug-likeness (QED) is 0.556. The van der Waals surface area contributed by atoms with Gasteiger partial charge >= 0.3 is 6.09 Å². The van der Waals surface area contributed by atoms with Gasteiger partial charge < -0.3 is 24.8 Å². The van der Waals surface area contributed by atoms with E-state index in [1.165, 1.54) is 16.2 Å². The number of thiazole rings is 1. The number of hydrogen-bond donors (Lipinski definition) is 1. The third-order valence-corrected chi connectivity index (χ3v) is 6.64. The standard InChI is InChI=1S/C24H30ClN5O5S/c1-4-35-24(34)29-11-9-28(10-12-29)21(32)13-19-15-36-23(26-19)27-20(31)14-30(16(2)3)22(33)17-5-7-18(25)8-6-17/h5-8,15-16H,4,9-14H2,1-3H3,(H,26,27,31). The first-order valence-electron chi connectivity index (χ1n) is 11.7. The second kappa shape index (κ2) is 12.7. The number of amides is 4. The van der Waals surface area contributed by atoms with Gasteiger partial charge in [0.05, 0.1) is 18.7 Å². The van der Waals surface area contributed by atoms with E-state index in [0.29, 0.717) is 54.2 Å². The molecule has 1 fully saturated rings. The van der Waals surface area contributed by atoms with E-state index in [-0.39, 0.29) is 42.8 Å². The summed E-state index contributed by atoms with van der Waals surface area (Å²) in [5.74, 6) is -0.750. The first-order chi connectivity index (χ1) is 17.2. The Morgan fingerprint density at radius 3 is 2.36 bits per heavy atom. The maximum Gasteiger partial charge on any atom is 0.409 e. The fourth-order valence-electron chi connectivity index (χ4n) is 3.63. The van der Waals surface area contributed by atoms with E-state index >= 15 is 0 Å². The van der Waals surface area contributed by atoms with Crippen LogP contribution in [0.15, 0.2) is 29.6 Å². The van der Waals surface area contributed by atoms with Crippen molar-refractivity contribution in [1.29, 1.82) is 0 Å². The number of nitrogens with one attached hydrogen (secondary N) is 1. The summed E-state index contributed by atoms with van der Waals surface area (Å²) in [5.41, 5.74) is 0.991. The molecule has 0 atom stereocenters. The van der Waals surface area contributed by atoms with Gasteiger partial charge in [0, 0.05) is 48.2 Å². The Balaban J connectivity index is 1.51. The van der Waals surface area contributed by atoms with Crippen molar-refractivity contribution >= 4 is 51.9 Å². The van der Waals surface area contributed by atoms with Gasteiger partial charge in [-0.3, -0.25) is 14.4 Å². The lowest BCUT2D eigenvalue weighted by atomic mass is 10.1. The zero-order valence-corrected chi connectivity index (χ0v) is 22.1. The van der Waals surface area contributed by atoms with E-state index in [2.05, 4.69) is 10.3 Å². The van der Waals surface area contributed by atoms with Crippen LogP contribution in [0, 0.1) is 0 Å². The van der Waals surface area contributed by atoms with Crippen LogP contribution < -0.4 is 5.32 Å². The highest BCUT2D eigenvalue weighted by atomic mass is 35.5. The molecule has 3 rings (SSSR count). The lowest BCUT2D eigenvalue weighted by molar-refractivity contribution is -0.132. The molecule has 0 spiro atoms. The van der Waals surface area contributed by atoms with Crippen molar-refractivity contribution in [1.82, 2.24) is 19.7 Å². The highest BCUT2D eigenvalue weighted by molar-refractivity contribution is 7.13. The summed E-state index contributed by atoms with van der Waals surface area (Å²) in [5, 5.41) is 5.32. The molecule has 2 heterocycles. The van der Waals surface area contributed by atoms with Crippen molar-refractivity contribution in [3.8, 4) is 0 Å². The SMILES string of the molecule is CCOC(=O)N1CCN(C(=O)Cc2csc(NC(=O)CN(C(=O)c3ccc(Cl)cc3)C(C)C)n2)CC1. The summed E-state index contributed by atoms with van der Waals surface area (Å²) < 4.78 is 5.00. The summed E-state index contributed by atoms with van der Waals surface area (Å²) in [4.78, 5) is 59.1. The zero-order valence-electron chi connectivity index (χ0n) is 20.5. The van der Waals surface area contributed by atoms with E-state index < -0.39 is 0 Å². The molecule has 1 aliphatic rings. The molecule has 1 aromatic carbocycles. The lowest BCUT2D eigenvalue weighted by Crippen LogP contribution is -2.51. The molecule has 0 bridgehead atoms. The van der Waals surface area contributed by atoms with Crippen LogP contribution in [0.4, 0.5) is 9.93 Å². The average molecular weight is 536 g/mol. The van der Waals surface area contributed by atoms with Gasteiger partial charge in [-0.05, 0) is 45.0 Å². The Kier molecular flexibility index (Phi) is 9.65. The van der Waals surface area contributed by atoms with Crippen LogP contribution in [-0.4, -0.2) is 88.9 Å². The largest absolute Gasteiger partial charge is 0.450 e. The van der Waals surface area contributed by atoms with Gasteiger partial charge in [-0.25, -0.2) is 9.78 Å². The molecular formula is C24H30ClN5O5S. The summed E-state index contributed by atoms with van der Waals surface area (Å²) in [7, 11) is 0. The van der Waals surface area contributed by atoms with Gasteiger partial charge in [-0.2, -0.15) is 0 Å². The fraction of sp³-hybridized carbons (Fsp3) is 0.458. The highest BCUT2D eigenvalue weighted by Gasteiger charge is 2.26. The molecule has 0 saturated carbocycles. The summed E-state index contributed by atoms with van der Waals surface area (Å²) in [6.07, 6.45) is -0.269. The molecule has 0 aliphatic carbocycles. The number of carbonyl (C=O) groups excluding carboxylic acids is 4. The molecule has 1 aromatic heterocycles. The van der Waals surface area contributed by atoms with Crippen molar-refractivity contribution in [2.24, 2.45) is 0 Å². The number of benzene rings is 1. The van der Waals surface area contributed by atoms with Crippen LogP contribution >= 0.6 is 22.9 Å². The predicted molar refractivity (Wildman–Crippen MR) is 137 cm³/mol. The first-order valence-corrected chi connectivity index (χ1v) is 12.9. The summed E-state index contributed by atoms with van der Waals surface area (Å²) in [6.45, 7) is 7.29. The molecule has 2 aromatic rings. The Hall–Kier alpha value is -3.18.